The second kappa shape index (κ2) is 6.33. The van der Waals surface area contributed by atoms with Gasteiger partial charge < -0.3 is 14.4 Å². The van der Waals surface area contributed by atoms with Crippen molar-refractivity contribution in [3.05, 3.63) is 41.7 Å². The van der Waals surface area contributed by atoms with E-state index in [2.05, 4.69) is 37.1 Å². The predicted molar refractivity (Wildman–Crippen MR) is 89.3 cm³/mol. The standard InChI is InChI=1S/C19H27NO2/c1-19(16-9-4-5-10-17(16)21-3)12-6-11-18(19)22-14-15-8-7-13-20(15)2/h4-5,9-11,15H,6-8,12-14H2,1-3H3/t15-,19+/m0/s1. The van der Waals surface area contributed by atoms with Gasteiger partial charge in [0.25, 0.3) is 0 Å². The van der Waals surface area contributed by atoms with Crippen LogP contribution >= 0.6 is 0 Å². The van der Waals surface area contributed by atoms with Gasteiger partial charge in [0.15, 0.2) is 0 Å². The summed E-state index contributed by atoms with van der Waals surface area (Å²) in [5, 5.41) is 0. The normalized spacial score (nSPS) is 28.7. The van der Waals surface area contributed by atoms with Crippen LogP contribution in [0.15, 0.2) is 36.1 Å². The Morgan fingerprint density at radius 1 is 1.32 bits per heavy atom. The van der Waals surface area contributed by atoms with Crippen molar-refractivity contribution in [3.63, 3.8) is 0 Å². The fourth-order valence-corrected chi connectivity index (χ4v) is 3.80. The molecule has 3 rings (SSSR count). The third-order valence-electron chi connectivity index (χ3n) is 5.32. The number of para-hydroxylation sites is 1. The van der Waals surface area contributed by atoms with Gasteiger partial charge in [-0.2, -0.15) is 0 Å². The Balaban J connectivity index is 1.76. The zero-order valence-electron chi connectivity index (χ0n) is 14.0. The molecule has 22 heavy (non-hydrogen) atoms. The molecule has 1 aliphatic heterocycles. The van der Waals surface area contributed by atoms with E-state index in [1.165, 1.54) is 24.9 Å². The summed E-state index contributed by atoms with van der Waals surface area (Å²) in [4.78, 5) is 2.41. The van der Waals surface area contributed by atoms with Crippen LogP contribution < -0.4 is 4.74 Å². The Labute approximate surface area is 133 Å². The lowest BCUT2D eigenvalue weighted by Gasteiger charge is -2.31. The SMILES string of the molecule is COc1ccccc1[C@@]1(C)CCC=C1OC[C@@H]1CCCN1C. The van der Waals surface area contributed by atoms with Crippen molar-refractivity contribution in [2.24, 2.45) is 0 Å². The van der Waals surface area contributed by atoms with Gasteiger partial charge in [0.1, 0.15) is 18.1 Å². The summed E-state index contributed by atoms with van der Waals surface area (Å²) >= 11 is 0. The van der Waals surface area contributed by atoms with Crippen molar-refractivity contribution in [2.45, 2.75) is 44.1 Å². The Hall–Kier alpha value is -1.48. The van der Waals surface area contributed by atoms with Crippen molar-refractivity contribution < 1.29 is 9.47 Å². The zero-order valence-corrected chi connectivity index (χ0v) is 14.0. The summed E-state index contributed by atoms with van der Waals surface area (Å²) in [5.74, 6) is 2.08. The number of nitrogens with zero attached hydrogens (tertiary/aromatic N) is 1. The molecule has 1 saturated heterocycles. The van der Waals surface area contributed by atoms with Crippen LogP contribution in [0.5, 0.6) is 5.75 Å². The number of ether oxygens (including phenoxy) is 2. The fourth-order valence-electron chi connectivity index (χ4n) is 3.80. The van der Waals surface area contributed by atoms with Crippen LogP contribution in [0, 0.1) is 0 Å². The van der Waals surface area contributed by atoms with Gasteiger partial charge in [-0.15, -0.1) is 0 Å². The Morgan fingerprint density at radius 2 is 2.14 bits per heavy atom. The Morgan fingerprint density at radius 3 is 2.86 bits per heavy atom. The third-order valence-corrected chi connectivity index (χ3v) is 5.32. The number of rotatable bonds is 5. The van der Waals surface area contributed by atoms with Gasteiger partial charge in [0.2, 0.25) is 0 Å². The molecule has 1 aromatic carbocycles. The molecule has 0 saturated carbocycles. The van der Waals surface area contributed by atoms with E-state index in [1.54, 1.807) is 7.11 Å². The summed E-state index contributed by atoms with van der Waals surface area (Å²) in [6, 6.07) is 8.88. The molecule has 0 amide bonds. The lowest BCUT2D eigenvalue weighted by molar-refractivity contribution is 0.116. The third kappa shape index (κ3) is 2.74. The first-order valence-electron chi connectivity index (χ1n) is 8.32. The number of benzene rings is 1. The molecule has 0 unspecified atom stereocenters. The molecule has 2 aliphatic rings. The lowest BCUT2D eigenvalue weighted by atomic mass is 9.80. The van der Waals surface area contributed by atoms with Gasteiger partial charge in [-0.25, -0.2) is 0 Å². The summed E-state index contributed by atoms with van der Waals surface area (Å²) < 4.78 is 11.9. The summed E-state index contributed by atoms with van der Waals surface area (Å²) in [5.41, 5.74) is 1.17. The number of likely N-dealkylation sites (tertiary alicyclic amines) is 1. The molecule has 2 atom stereocenters. The topological polar surface area (TPSA) is 21.7 Å². The first-order chi connectivity index (χ1) is 10.6. The number of likely N-dealkylation sites (N-methyl/N-ethyl adjacent to an activating group) is 1. The van der Waals surface area contributed by atoms with E-state index in [1.807, 2.05) is 12.1 Å². The van der Waals surface area contributed by atoms with Crippen molar-refractivity contribution in [1.82, 2.24) is 4.90 Å². The quantitative estimate of drug-likeness (QED) is 0.827. The second-order valence-corrected chi connectivity index (χ2v) is 6.73. The largest absolute Gasteiger partial charge is 0.496 e. The molecule has 0 radical (unpaired) electrons. The van der Waals surface area contributed by atoms with Crippen molar-refractivity contribution in [2.75, 3.05) is 27.3 Å². The first-order valence-corrected chi connectivity index (χ1v) is 8.32. The highest BCUT2D eigenvalue weighted by Crippen LogP contribution is 2.45. The van der Waals surface area contributed by atoms with Crippen LogP contribution in [0.4, 0.5) is 0 Å². The average molecular weight is 301 g/mol. The van der Waals surface area contributed by atoms with E-state index in [-0.39, 0.29) is 5.41 Å². The van der Waals surface area contributed by atoms with Crippen LogP contribution in [0.25, 0.3) is 0 Å². The molecule has 0 spiro atoms. The van der Waals surface area contributed by atoms with E-state index >= 15 is 0 Å². The summed E-state index contributed by atoms with van der Waals surface area (Å²) in [6.45, 7) is 4.27. The van der Waals surface area contributed by atoms with Gasteiger partial charge in [-0.3, -0.25) is 0 Å². The highest BCUT2D eigenvalue weighted by Gasteiger charge is 2.38. The summed E-state index contributed by atoms with van der Waals surface area (Å²) in [6.07, 6.45) is 6.96. The van der Waals surface area contributed by atoms with Gasteiger partial charge in [-0.1, -0.05) is 18.2 Å². The van der Waals surface area contributed by atoms with E-state index in [9.17, 15) is 0 Å². The van der Waals surface area contributed by atoms with Gasteiger partial charge in [-0.05, 0) is 58.3 Å². The zero-order chi connectivity index (χ0) is 15.6. The molecule has 1 aromatic rings. The average Bonchev–Trinajstić information content (AvgIpc) is 3.11. The van der Waals surface area contributed by atoms with E-state index in [0.29, 0.717) is 6.04 Å². The lowest BCUT2D eigenvalue weighted by Crippen LogP contribution is -2.31. The van der Waals surface area contributed by atoms with Crippen molar-refractivity contribution >= 4 is 0 Å². The summed E-state index contributed by atoms with van der Waals surface area (Å²) in [7, 11) is 3.94. The molecule has 0 bridgehead atoms. The minimum atomic E-state index is -0.0657. The highest BCUT2D eigenvalue weighted by atomic mass is 16.5. The molecular weight excluding hydrogens is 274 g/mol. The maximum Gasteiger partial charge on any atom is 0.123 e. The van der Waals surface area contributed by atoms with Gasteiger partial charge >= 0.3 is 0 Å². The van der Waals surface area contributed by atoms with Gasteiger partial charge in [0.05, 0.1) is 12.5 Å². The van der Waals surface area contributed by atoms with Crippen LogP contribution in [0.2, 0.25) is 0 Å². The maximum atomic E-state index is 6.29. The minimum Gasteiger partial charge on any atom is -0.496 e. The van der Waals surface area contributed by atoms with Crippen LogP contribution in [0.3, 0.4) is 0 Å². The molecule has 120 valence electrons. The first kappa shape index (κ1) is 15.4. The maximum absolute atomic E-state index is 6.29. The van der Waals surface area contributed by atoms with E-state index < -0.39 is 0 Å². The number of allylic oxidation sites excluding steroid dienone is 2. The predicted octanol–water partition coefficient (Wildman–Crippen LogP) is 3.74. The molecule has 1 heterocycles. The molecule has 1 aliphatic carbocycles. The van der Waals surface area contributed by atoms with Crippen molar-refractivity contribution in [3.8, 4) is 5.75 Å². The van der Waals surface area contributed by atoms with Crippen molar-refractivity contribution in [1.29, 1.82) is 0 Å². The monoisotopic (exact) mass is 301 g/mol. The number of hydrogen-bond donors (Lipinski definition) is 0. The number of hydrogen-bond acceptors (Lipinski definition) is 3. The fraction of sp³-hybridized carbons (Fsp3) is 0.579. The molecule has 3 heteroatoms. The van der Waals surface area contributed by atoms with Gasteiger partial charge in [0, 0.05) is 11.6 Å². The van der Waals surface area contributed by atoms with Crippen LogP contribution in [-0.2, 0) is 10.2 Å². The number of methoxy groups -OCH3 is 1. The Kier molecular flexibility index (Phi) is 4.44. The minimum absolute atomic E-state index is 0.0657. The highest BCUT2D eigenvalue weighted by molar-refractivity contribution is 5.45. The molecular formula is C19H27NO2. The molecule has 0 N–H and O–H groups in total. The van der Waals surface area contributed by atoms with E-state index in [0.717, 1.165) is 31.0 Å². The Bertz CT molecular complexity index is 554. The van der Waals surface area contributed by atoms with Crippen LogP contribution in [-0.4, -0.2) is 38.3 Å². The van der Waals surface area contributed by atoms with E-state index in [4.69, 9.17) is 9.47 Å². The second-order valence-electron chi connectivity index (χ2n) is 6.73. The smallest absolute Gasteiger partial charge is 0.123 e. The molecule has 0 aromatic heterocycles. The molecule has 1 fully saturated rings. The van der Waals surface area contributed by atoms with Crippen LogP contribution in [0.1, 0.15) is 38.2 Å². The molecule has 3 nitrogen and oxygen atoms in total.